The Labute approximate surface area is 122 Å². The summed E-state index contributed by atoms with van der Waals surface area (Å²) in [5.74, 6) is 0. The van der Waals surface area contributed by atoms with Crippen LogP contribution in [0, 0.1) is 6.92 Å². The van der Waals surface area contributed by atoms with E-state index >= 15 is 0 Å². The molecule has 6 nitrogen and oxygen atoms in total. The summed E-state index contributed by atoms with van der Waals surface area (Å²) in [6, 6.07) is 6.40. The van der Waals surface area contributed by atoms with Crippen molar-refractivity contribution >= 4 is 27.2 Å². The summed E-state index contributed by atoms with van der Waals surface area (Å²) in [6.45, 7) is 1.75. The number of thiocarbonyl (C=S) groups is 1. The number of nitrogens with zero attached hydrogens (tertiary/aromatic N) is 1. The summed E-state index contributed by atoms with van der Waals surface area (Å²) in [4.78, 5) is 0.296. The van der Waals surface area contributed by atoms with E-state index in [1.54, 1.807) is 25.1 Å². The van der Waals surface area contributed by atoms with Gasteiger partial charge in [0, 0.05) is 11.6 Å². The van der Waals surface area contributed by atoms with Gasteiger partial charge in [-0.3, -0.25) is 0 Å². The van der Waals surface area contributed by atoms with Crippen LogP contribution in [0.1, 0.15) is 16.8 Å². The fourth-order valence-corrected chi connectivity index (χ4v) is 3.01. The normalized spacial score (nSPS) is 11.4. The van der Waals surface area contributed by atoms with Crippen LogP contribution in [0.4, 0.5) is 0 Å². The average molecular weight is 311 g/mol. The third-order valence-corrected chi connectivity index (χ3v) is 4.48. The number of hydrogen-bond acceptors (Lipinski definition) is 5. The number of rotatable bonds is 5. The quantitative estimate of drug-likeness (QED) is 0.802. The van der Waals surface area contributed by atoms with Crippen LogP contribution in [0.5, 0.6) is 0 Å². The maximum Gasteiger partial charge on any atom is 0.241 e. The van der Waals surface area contributed by atoms with Gasteiger partial charge in [-0.2, -0.15) is 0 Å². The first-order valence-corrected chi connectivity index (χ1v) is 7.58. The van der Waals surface area contributed by atoms with E-state index < -0.39 is 10.0 Å². The summed E-state index contributed by atoms with van der Waals surface area (Å²) in [5.41, 5.74) is 7.13. The van der Waals surface area contributed by atoms with Crippen molar-refractivity contribution in [3.8, 4) is 0 Å². The van der Waals surface area contributed by atoms with Crippen molar-refractivity contribution < 1.29 is 12.9 Å². The summed E-state index contributed by atoms with van der Waals surface area (Å²) in [6.07, 6.45) is 1.38. The Morgan fingerprint density at radius 3 is 2.80 bits per heavy atom. The molecule has 0 bridgehead atoms. The number of nitrogens with one attached hydrogen (secondary N) is 1. The Balaban J connectivity index is 2.28. The van der Waals surface area contributed by atoms with Crippen LogP contribution in [-0.4, -0.2) is 18.6 Å². The summed E-state index contributed by atoms with van der Waals surface area (Å²) in [5, 5.41) is 3.64. The molecular weight excluding hydrogens is 298 g/mol. The van der Waals surface area contributed by atoms with Crippen molar-refractivity contribution in [3.63, 3.8) is 0 Å². The molecule has 0 atom stereocenters. The Morgan fingerprint density at radius 2 is 2.20 bits per heavy atom. The van der Waals surface area contributed by atoms with Gasteiger partial charge in [-0.25, -0.2) is 13.1 Å². The summed E-state index contributed by atoms with van der Waals surface area (Å²) < 4.78 is 31.6. The van der Waals surface area contributed by atoms with E-state index in [-0.39, 0.29) is 16.4 Å². The van der Waals surface area contributed by atoms with Gasteiger partial charge in [-0.1, -0.05) is 29.5 Å². The number of nitrogens with two attached hydrogens (primary N) is 1. The van der Waals surface area contributed by atoms with E-state index in [1.165, 1.54) is 12.3 Å². The van der Waals surface area contributed by atoms with Crippen LogP contribution >= 0.6 is 12.2 Å². The van der Waals surface area contributed by atoms with Crippen LogP contribution in [0.15, 0.2) is 39.9 Å². The second-order valence-corrected chi connectivity index (χ2v) is 6.34. The molecule has 1 aromatic heterocycles. The first-order valence-electron chi connectivity index (χ1n) is 5.69. The number of benzene rings is 1. The van der Waals surface area contributed by atoms with Crippen LogP contribution in [0.25, 0.3) is 0 Å². The van der Waals surface area contributed by atoms with Gasteiger partial charge in [-0.05, 0) is 18.6 Å². The molecule has 2 aromatic rings. The minimum atomic E-state index is -3.67. The third-order valence-electron chi connectivity index (χ3n) is 2.70. The van der Waals surface area contributed by atoms with E-state index in [0.29, 0.717) is 16.8 Å². The highest BCUT2D eigenvalue weighted by molar-refractivity contribution is 7.89. The molecule has 0 aliphatic heterocycles. The number of sulfonamides is 1. The number of aryl methyl sites for hydroxylation is 1. The minimum Gasteiger partial charge on any atom is -0.389 e. The standard InChI is InChI=1S/C12H13N3O3S2/c1-8-2-3-9(12(13)19)6-11(8)20(16,17)14-7-10-4-5-18-15-10/h2-6,14H,7H2,1H3,(H2,13,19). The van der Waals surface area contributed by atoms with Gasteiger partial charge >= 0.3 is 0 Å². The smallest absolute Gasteiger partial charge is 0.241 e. The fourth-order valence-electron chi connectivity index (χ4n) is 1.62. The molecule has 0 saturated carbocycles. The Bertz CT molecular complexity index is 724. The number of aromatic nitrogens is 1. The molecule has 0 aliphatic rings. The third kappa shape index (κ3) is 3.21. The second kappa shape index (κ2) is 5.70. The molecule has 0 spiro atoms. The van der Waals surface area contributed by atoms with Crippen molar-refractivity contribution in [2.45, 2.75) is 18.4 Å². The van der Waals surface area contributed by atoms with E-state index in [1.807, 2.05) is 0 Å². The molecular formula is C12H13N3O3S2. The molecule has 0 saturated heterocycles. The molecule has 1 heterocycles. The fraction of sp³-hybridized carbons (Fsp3) is 0.167. The summed E-state index contributed by atoms with van der Waals surface area (Å²) in [7, 11) is -3.67. The largest absolute Gasteiger partial charge is 0.389 e. The SMILES string of the molecule is Cc1ccc(C(N)=S)cc1S(=O)(=O)NCc1ccon1. The first-order chi connectivity index (χ1) is 9.40. The van der Waals surface area contributed by atoms with E-state index in [0.717, 1.165) is 0 Å². The van der Waals surface area contributed by atoms with Gasteiger partial charge in [0.2, 0.25) is 10.0 Å². The van der Waals surface area contributed by atoms with Gasteiger partial charge in [-0.15, -0.1) is 0 Å². The molecule has 0 aliphatic carbocycles. The second-order valence-electron chi connectivity index (χ2n) is 4.16. The van der Waals surface area contributed by atoms with Crippen molar-refractivity contribution in [2.24, 2.45) is 5.73 Å². The number of hydrogen-bond donors (Lipinski definition) is 2. The van der Waals surface area contributed by atoms with Crippen LogP contribution < -0.4 is 10.5 Å². The molecule has 0 unspecified atom stereocenters. The van der Waals surface area contributed by atoms with Crippen molar-refractivity contribution in [1.82, 2.24) is 9.88 Å². The lowest BCUT2D eigenvalue weighted by molar-refractivity contribution is 0.411. The van der Waals surface area contributed by atoms with Crippen molar-refractivity contribution in [1.29, 1.82) is 0 Å². The van der Waals surface area contributed by atoms with Gasteiger partial charge < -0.3 is 10.3 Å². The highest BCUT2D eigenvalue weighted by atomic mass is 32.2. The lowest BCUT2D eigenvalue weighted by atomic mass is 10.1. The van der Waals surface area contributed by atoms with Gasteiger partial charge in [0.1, 0.15) is 11.3 Å². The van der Waals surface area contributed by atoms with Gasteiger partial charge in [0.15, 0.2) is 0 Å². The molecule has 0 fully saturated rings. The predicted molar refractivity (Wildman–Crippen MR) is 77.6 cm³/mol. The van der Waals surface area contributed by atoms with Crippen LogP contribution in [0.2, 0.25) is 0 Å². The average Bonchev–Trinajstić information content (AvgIpc) is 2.89. The van der Waals surface area contributed by atoms with Gasteiger partial charge in [0.25, 0.3) is 0 Å². The molecule has 20 heavy (non-hydrogen) atoms. The zero-order valence-electron chi connectivity index (χ0n) is 10.7. The van der Waals surface area contributed by atoms with Crippen molar-refractivity contribution in [3.05, 3.63) is 47.3 Å². The minimum absolute atomic E-state index is 0.0512. The first kappa shape index (κ1) is 14.6. The van der Waals surface area contributed by atoms with Gasteiger partial charge in [0.05, 0.1) is 17.1 Å². The lowest BCUT2D eigenvalue weighted by Gasteiger charge is -2.10. The molecule has 106 valence electrons. The molecule has 1 aromatic carbocycles. The maximum atomic E-state index is 12.3. The highest BCUT2D eigenvalue weighted by Crippen LogP contribution is 2.17. The Kier molecular flexibility index (Phi) is 4.17. The molecule has 2 rings (SSSR count). The Morgan fingerprint density at radius 1 is 1.45 bits per heavy atom. The molecule has 3 N–H and O–H groups in total. The van der Waals surface area contributed by atoms with Crippen LogP contribution in [-0.2, 0) is 16.6 Å². The maximum absolute atomic E-state index is 12.3. The van der Waals surface area contributed by atoms with E-state index in [4.69, 9.17) is 18.0 Å². The van der Waals surface area contributed by atoms with Crippen molar-refractivity contribution in [2.75, 3.05) is 0 Å². The molecule has 0 radical (unpaired) electrons. The molecule has 0 amide bonds. The summed E-state index contributed by atoms with van der Waals surface area (Å²) >= 11 is 4.86. The van der Waals surface area contributed by atoms with Crippen LogP contribution in [0.3, 0.4) is 0 Å². The highest BCUT2D eigenvalue weighted by Gasteiger charge is 2.18. The zero-order chi connectivity index (χ0) is 14.8. The topological polar surface area (TPSA) is 98.2 Å². The molecule has 8 heteroatoms. The Hall–Kier alpha value is -1.77. The monoisotopic (exact) mass is 311 g/mol. The van der Waals surface area contributed by atoms with E-state index in [2.05, 4.69) is 14.4 Å². The zero-order valence-corrected chi connectivity index (χ0v) is 12.3. The predicted octanol–water partition coefficient (Wildman–Crippen LogP) is 1.10. The van der Waals surface area contributed by atoms with E-state index in [9.17, 15) is 8.42 Å². The lowest BCUT2D eigenvalue weighted by Crippen LogP contribution is -2.24.